The van der Waals surface area contributed by atoms with Crippen molar-refractivity contribution in [2.24, 2.45) is 0 Å². The number of hydrogen-bond acceptors (Lipinski definition) is 0. The first-order valence-electron chi connectivity index (χ1n) is 20.2. The summed E-state index contributed by atoms with van der Waals surface area (Å²) in [5, 5.41) is 20.7. The third kappa shape index (κ3) is 4.52. The van der Waals surface area contributed by atoms with Crippen LogP contribution in [-0.2, 0) is 0 Å². The number of fused-ring (bicyclic) bond motifs is 2. The van der Waals surface area contributed by atoms with Crippen LogP contribution in [0.1, 0.15) is 0 Å². The number of benzene rings is 13. The Bertz CT molecular complexity index is 3760. The lowest BCUT2D eigenvalue weighted by Crippen LogP contribution is -1.93. The summed E-state index contributed by atoms with van der Waals surface area (Å²) in [4.78, 5) is 0. The molecule has 0 aliphatic heterocycles. The van der Waals surface area contributed by atoms with Gasteiger partial charge in [-0.15, -0.1) is 0 Å². The fourth-order valence-electron chi connectivity index (χ4n) is 10.3. The van der Waals surface area contributed by atoms with Gasteiger partial charge in [-0.2, -0.15) is 0 Å². The summed E-state index contributed by atoms with van der Waals surface area (Å²) in [6.07, 6.45) is 0. The molecule has 0 saturated heterocycles. The minimum absolute atomic E-state index is 1.21. The molecule has 0 bridgehead atoms. The van der Waals surface area contributed by atoms with Crippen LogP contribution in [0.25, 0.3) is 131 Å². The van der Waals surface area contributed by atoms with E-state index in [-0.39, 0.29) is 0 Å². The first-order valence-corrected chi connectivity index (χ1v) is 20.2. The van der Waals surface area contributed by atoms with Crippen molar-refractivity contribution in [1.82, 2.24) is 0 Å². The molecule has 0 N–H and O–H groups in total. The highest BCUT2D eigenvalue weighted by Crippen LogP contribution is 2.47. The van der Waals surface area contributed by atoms with Gasteiger partial charge in [-0.1, -0.05) is 194 Å². The Labute approximate surface area is 335 Å². The Morgan fingerprint density at radius 2 is 0.534 bits per heavy atom. The third-order valence-corrected chi connectivity index (χ3v) is 13.0. The highest BCUT2D eigenvalue weighted by molar-refractivity contribution is 6.28. The van der Waals surface area contributed by atoms with Crippen LogP contribution in [0.3, 0.4) is 0 Å². The van der Waals surface area contributed by atoms with Crippen LogP contribution in [0.15, 0.2) is 206 Å². The Kier molecular flexibility index (Phi) is 6.54. The summed E-state index contributed by atoms with van der Waals surface area (Å²) >= 11 is 0. The fourth-order valence-corrected chi connectivity index (χ4v) is 10.3. The molecule has 0 heterocycles. The van der Waals surface area contributed by atoms with Gasteiger partial charge in [0.15, 0.2) is 0 Å². The van der Waals surface area contributed by atoms with Gasteiger partial charge >= 0.3 is 0 Å². The highest BCUT2D eigenvalue weighted by Gasteiger charge is 2.20. The maximum Gasteiger partial charge on any atom is -0.00206 e. The topological polar surface area (TPSA) is 0 Å². The molecule has 0 nitrogen and oxygen atoms in total. The van der Waals surface area contributed by atoms with Gasteiger partial charge in [0.25, 0.3) is 0 Å². The molecule has 13 rings (SSSR count). The molecule has 58 heavy (non-hydrogen) atoms. The van der Waals surface area contributed by atoms with Crippen LogP contribution in [0.4, 0.5) is 0 Å². The zero-order valence-corrected chi connectivity index (χ0v) is 31.6. The summed E-state index contributed by atoms with van der Waals surface area (Å²) < 4.78 is 0. The molecule has 0 saturated carbocycles. The molecule has 0 amide bonds. The van der Waals surface area contributed by atoms with Gasteiger partial charge in [-0.05, 0) is 143 Å². The molecule has 0 fully saturated rings. The van der Waals surface area contributed by atoms with E-state index in [9.17, 15) is 0 Å². The second-order valence-electron chi connectivity index (χ2n) is 16.0. The Morgan fingerprint density at radius 1 is 0.172 bits per heavy atom. The second-order valence-corrected chi connectivity index (χ2v) is 16.0. The van der Waals surface area contributed by atoms with E-state index in [0.717, 1.165) is 0 Å². The lowest BCUT2D eigenvalue weighted by Gasteiger charge is -2.20. The fraction of sp³-hybridized carbons (Fsp3) is 0. The average Bonchev–Trinajstić information content (AvgIpc) is 3.29. The summed E-state index contributed by atoms with van der Waals surface area (Å²) in [6.45, 7) is 0. The lowest BCUT2D eigenvalue weighted by molar-refractivity contribution is 1.60. The second kappa shape index (κ2) is 12.0. The SMILES string of the molecule is c1ccc2cc(-c3ccc(-c4ccc(-c5ccc6ccc7cccc8ccc5c6c78)c5ccccc45)c(-c4ccc5ccc6cccc7ccc4c5c67)c3)ccc2c1. The molecule has 0 atom stereocenters. The Hall–Kier alpha value is -7.54. The van der Waals surface area contributed by atoms with Crippen molar-refractivity contribution in [1.29, 1.82) is 0 Å². The quantitative estimate of drug-likeness (QED) is 0.158. The molecule has 0 aromatic heterocycles. The van der Waals surface area contributed by atoms with Gasteiger partial charge < -0.3 is 0 Å². The van der Waals surface area contributed by atoms with Gasteiger partial charge in [-0.3, -0.25) is 0 Å². The number of rotatable bonds is 4. The van der Waals surface area contributed by atoms with E-state index in [4.69, 9.17) is 0 Å². The standard InChI is InChI=1S/C58H34/c1-2-8-42-33-43(20-15-35(42)7-1)44-25-28-50(54(34-44)51-27-22-41-19-17-37-10-6-12-39-24-30-53(51)58(41)56(37)39)48-32-31-47(45-13-3-4-14-46(45)48)49-26-21-40-18-16-36-9-5-11-38-23-29-52(49)57(40)55(36)38/h1-34H. The molecule has 0 aliphatic rings. The third-order valence-electron chi connectivity index (χ3n) is 13.0. The van der Waals surface area contributed by atoms with Gasteiger partial charge in [0, 0.05) is 0 Å². The Morgan fingerprint density at radius 3 is 1.14 bits per heavy atom. The summed E-state index contributed by atoms with van der Waals surface area (Å²) in [7, 11) is 0. The highest BCUT2D eigenvalue weighted by atomic mass is 14.2. The molecular formula is C58H34. The first-order chi connectivity index (χ1) is 28.7. The molecule has 13 aromatic rings. The monoisotopic (exact) mass is 730 g/mol. The van der Waals surface area contributed by atoms with Crippen molar-refractivity contribution in [2.75, 3.05) is 0 Å². The van der Waals surface area contributed by atoms with E-state index >= 15 is 0 Å². The van der Waals surface area contributed by atoms with E-state index in [1.54, 1.807) is 0 Å². The van der Waals surface area contributed by atoms with Crippen LogP contribution >= 0.6 is 0 Å². The molecular weight excluding hydrogens is 697 g/mol. The van der Waals surface area contributed by atoms with Crippen molar-refractivity contribution < 1.29 is 0 Å². The Balaban J connectivity index is 1.07. The molecule has 0 aliphatic carbocycles. The zero-order chi connectivity index (χ0) is 37.9. The van der Waals surface area contributed by atoms with Crippen LogP contribution in [0.2, 0.25) is 0 Å². The zero-order valence-electron chi connectivity index (χ0n) is 31.6. The molecule has 266 valence electrons. The van der Waals surface area contributed by atoms with Gasteiger partial charge in [0.1, 0.15) is 0 Å². The summed E-state index contributed by atoms with van der Waals surface area (Å²) in [6, 6.07) is 77.4. The molecule has 0 unspecified atom stereocenters. The van der Waals surface area contributed by atoms with Gasteiger partial charge in [-0.25, -0.2) is 0 Å². The van der Waals surface area contributed by atoms with E-state index in [2.05, 4.69) is 206 Å². The lowest BCUT2D eigenvalue weighted by atomic mass is 9.83. The molecule has 0 spiro atoms. The predicted molar refractivity (Wildman–Crippen MR) is 251 cm³/mol. The van der Waals surface area contributed by atoms with Crippen LogP contribution in [-0.4, -0.2) is 0 Å². The van der Waals surface area contributed by atoms with E-state index in [1.165, 1.54) is 131 Å². The molecule has 0 heteroatoms. The minimum Gasteiger partial charge on any atom is -0.0616 e. The summed E-state index contributed by atoms with van der Waals surface area (Å²) in [5.41, 5.74) is 9.93. The van der Waals surface area contributed by atoms with Crippen molar-refractivity contribution in [2.45, 2.75) is 0 Å². The maximum absolute atomic E-state index is 2.44. The van der Waals surface area contributed by atoms with Crippen molar-refractivity contribution in [3.05, 3.63) is 206 Å². The molecule has 0 radical (unpaired) electrons. The van der Waals surface area contributed by atoms with Crippen LogP contribution in [0, 0.1) is 0 Å². The van der Waals surface area contributed by atoms with Gasteiger partial charge in [0.2, 0.25) is 0 Å². The summed E-state index contributed by atoms with van der Waals surface area (Å²) in [5.74, 6) is 0. The predicted octanol–water partition coefficient (Wildman–Crippen LogP) is 16.5. The normalized spacial score (nSPS) is 12.1. The largest absolute Gasteiger partial charge is 0.0616 e. The maximum atomic E-state index is 2.44. The van der Waals surface area contributed by atoms with E-state index in [0.29, 0.717) is 0 Å². The van der Waals surface area contributed by atoms with E-state index < -0.39 is 0 Å². The van der Waals surface area contributed by atoms with E-state index in [1.807, 2.05) is 0 Å². The van der Waals surface area contributed by atoms with Crippen LogP contribution in [0.5, 0.6) is 0 Å². The first kappa shape index (κ1) is 31.6. The molecule has 13 aromatic carbocycles. The van der Waals surface area contributed by atoms with Crippen molar-refractivity contribution in [3.8, 4) is 44.5 Å². The smallest absolute Gasteiger partial charge is 0.00206 e. The number of hydrogen-bond donors (Lipinski definition) is 0. The van der Waals surface area contributed by atoms with Crippen molar-refractivity contribution in [3.63, 3.8) is 0 Å². The average molecular weight is 731 g/mol. The van der Waals surface area contributed by atoms with Gasteiger partial charge in [0.05, 0.1) is 0 Å². The van der Waals surface area contributed by atoms with Crippen molar-refractivity contribution >= 4 is 86.2 Å². The van der Waals surface area contributed by atoms with Crippen LogP contribution < -0.4 is 0 Å². The minimum atomic E-state index is 1.21.